The van der Waals surface area contributed by atoms with Gasteiger partial charge >= 0.3 is 0 Å². The van der Waals surface area contributed by atoms with E-state index in [4.69, 9.17) is 0 Å². The summed E-state index contributed by atoms with van der Waals surface area (Å²) < 4.78 is 13.4. The molecule has 0 atom stereocenters. The molecule has 114 valence electrons. The molecule has 1 aliphatic heterocycles. The molecule has 0 saturated carbocycles. The summed E-state index contributed by atoms with van der Waals surface area (Å²) in [6.45, 7) is 1.80. The van der Waals surface area contributed by atoms with Crippen LogP contribution in [0.5, 0.6) is 0 Å². The molecule has 1 aliphatic rings. The fourth-order valence-corrected chi connectivity index (χ4v) is 2.47. The van der Waals surface area contributed by atoms with Gasteiger partial charge in [-0.1, -0.05) is 18.2 Å². The lowest BCUT2D eigenvalue weighted by Crippen LogP contribution is -2.41. The Bertz CT molecular complexity index is 505. The number of halogens is 1. The van der Waals surface area contributed by atoms with Gasteiger partial charge in [-0.05, 0) is 30.9 Å². The first-order chi connectivity index (χ1) is 10.2. The molecule has 21 heavy (non-hydrogen) atoms. The third kappa shape index (κ3) is 4.85. The number of amides is 2. The summed E-state index contributed by atoms with van der Waals surface area (Å²) in [5.41, 5.74) is 0.554. The summed E-state index contributed by atoms with van der Waals surface area (Å²) in [5.74, 6) is -0.214. The average Bonchev–Trinajstić information content (AvgIpc) is 2.48. The lowest BCUT2D eigenvalue weighted by atomic mass is 10.1. The molecule has 0 spiro atoms. The van der Waals surface area contributed by atoms with Crippen LogP contribution in [-0.4, -0.2) is 36.3 Å². The Morgan fingerprint density at radius 3 is 2.86 bits per heavy atom. The quantitative estimate of drug-likeness (QED) is 0.870. The third-order valence-corrected chi connectivity index (χ3v) is 3.70. The number of nitrogens with zero attached hydrogens (tertiary/aromatic N) is 1. The summed E-state index contributed by atoms with van der Waals surface area (Å²) in [6.07, 6.45) is 3.26. The first-order valence-corrected chi connectivity index (χ1v) is 7.44. The predicted molar refractivity (Wildman–Crippen MR) is 78.2 cm³/mol. The standard InChI is InChI=1S/C16H21FN2O2/c17-14-6-2-1-5-13(14)8-9-15(20)18-10-12-19-11-4-3-7-16(19)21/h1-2,5-6H,3-4,7-12H2,(H,18,20). The number of likely N-dealkylation sites (tertiary alicyclic amines) is 1. The van der Waals surface area contributed by atoms with E-state index in [9.17, 15) is 14.0 Å². The number of benzene rings is 1. The van der Waals surface area contributed by atoms with Gasteiger partial charge < -0.3 is 10.2 Å². The number of nitrogens with one attached hydrogen (secondary N) is 1. The van der Waals surface area contributed by atoms with E-state index in [1.54, 1.807) is 23.1 Å². The Morgan fingerprint density at radius 1 is 1.29 bits per heavy atom. The highest BCUT2D eigenvalue weighted by Crippen LogP contribution is 2.10. The minimum Gasteiger partial charge on any atom is -0.354 e. The smallest absolute Gasteiger partial charge is 0.222 e. The van der Waals surface area contributed by atoms with Crippen molar-refractivity contribution in [2.45, 2.75) is 32.1 Å². The van der Waals surface area contributed by atoms with Gasteiger partial charge in [-0.15, -0.1) is 0 Å². The van der Waals surface area contributed by atoms with Crippen LogP contribution in [0.2, 0.25) is 0 Å². The van der Waals surface area contributed by atoms with Crippen molar-refractivity contribution < 1.29 is 14.0 Å². The van der Waals surface area contributed by atoms with Crippen LogP contribution in [0.1, 0.15) is 31.2 Å². The van der Waals surface area contributed by atoms with Gasteiger partial charge in [-0.25, -0.2) is 4.39 Å². The lowest BCUT2D eigenvalue weighted by molar-refractivity contribution is -0.133. The number of hydrogen-bond donors (Lipinski definition) is 1. The van der Waals surface area contributed by atoms with Crippen LogP contribution in [0.15, 0.2) is 24.3 Å². The second kappa shape index (κ2) is 7.76. The summed E-state index contributed by atoms with van der Waals surface area (Å²) >= 11 is 0. The second-order valence-electron chi connectivity index (χ2n) is 5.28. The predicted octanol–water partition coefficient (Wildman–Crippen LogP) is 1.89. The number of carbonyl (C=O) groups is 2. The molecule has 1 aromatic rings. The van der Waals surface area contributed by atoms with Gasteiger partial charge in [0.25, 0.3) is 0 Å². The molecular formula is C16H21FN2O2. The highest BCUT2D eigenvalue weighted by Gasteiger charge is 2.17. The summed E-state index contributed by atoms with van der Waals surface area (Å²) in [7, 11) is 0. The van der Waals surface area contributed by atoms with E-state index in [-0.39, 0.29) is 24.1 Å². The molecule has 4 nitrogen and oxygen atoms in total. The van der Waals surface area contributed by atoms with E-state index >= 15 is 0 Å². The Balaban J connectivity index is 1.66. The molecule has 0 unspecified atom stereocenters. The van der Waals surface area contributed by atoms with Crippen molar-refractivity contribution in [2.75, 3.05) is 19.6 Å². The van der Waals surface area contributed by atoms with Crippen LogP contribution in [0.4, 0.5) is 4.39 Å². The Hall–Kier alpha value is -1.91. The summed E-state index contributed by atoms with van der Waals surface area (Å²) in [6, 6.07) is 6.48. The second-order valence-corrected chi connectivity index (χ2v) is 5.28. The van der Waals surface area contributed by atoms with Crippen molar-refractivity contribution in [2.24, 2.45) is 0 Å². The molecule has 0 aliphatic carbocycles. The molecule has 0 radical (unpaired) electrons. The molecule has 2 amide bonds. The largest absolute Gasteiger partial charge is 0.354 e. The SMILES string of the molecule is O=C(CCc1ccccc1F)NCCN1CCCCC1=O. The van der Waals surface area contributed by atoms with Crippen LogP contribution < -0.4 is 5.32 Å². The minimum absolute atomic E-state index is 0.109. The molecule has 0 bridgehead atoms. The van der Waals surface area contributed by atoms with Crippen LogP contribution in [0, 0.1) is 5.82 Å². The lowest BCUT2D eigenvalue weighted by Gasteiger charge is -2.26. The van der Waals surface area contributed by atoms with Crippen molar-refractivity contribution >= 4 is 11.8 Å². The highest BCUT2D eigenvalue weighted by atomic mass is 19.1. The van der Waals surface area contributed by atoms with Gasteiger partial charge in [-0.3, -0.25) is 9.59 Å². The molecule has 1 heterocycles. The van der Waals surface area contributed by atoms with Gasteiger partial charge in [0, 0.05) is 32.5 Å². The highest BCUT2D eigenvalue weighted by molar-refractivity contribution is 5.77. The van der Waals surface area contributed by atoms with Crippen LogP contribution in [-0.2, 0) is 16.0 Å². The van der Waals surface area contributed by atoms with Crippen LogP contribution in [0.25, 0.3) is 0 Å². The molecule has 5 heteroatoms. The zero-order valence-corrected chi connectivity index (χ0v) is 12.1. The number of piperidine rings is 1. The van der Waals surface area contributed by atoms with Crippen molar-refractivity contribution in [3.63, 3.8) is 0 Å². The first kappa shape index (κ1) is 15.5. The fraction of sp³-hybridized carbons (Fsp3) is 0.500. The van der Waals surface area contributed by atoms with E-state index in [2.05, 4.69) is 5.32 Å². The number of aryl methyl sites for hydroxylation is 1. The van der Waals surface area contributed by atoms with Crippen molar-refractivity contribution in [3.05, 3.63) is 35.6 Å². The molecular weight excluding hydrogens is 271 g/mol. The topological polar surface area (TPSA) is 49.4 Å². The van der Waals surface area contributed by atoms with Gasteiger partial charge in [0.05, 0.1) is 0 Å². The molecule has 2 rings (SSSR count). The third-order valence-electron chi connectivity index (χ3n) is 3.70. The molecule has 0 aromatic heterocycles. The molecule has 1 fully saturated rings. The van der Waals surface area contributed by atoms with Gasteiger partial charge in [0.2, 0.25) is 11.8 Å². The minimum atomic E-state index is -0.274. The van der Waals surface area contributed by atoms with E-state index in [0.717, 1.165) is 19.4 Å². The van der Waals surface area contributed by atoms with Crippen molar-refractivity contribution in [3.8, 4) is 0 Å². The van der Waals surface area contributed by atoms with Crippen molar-refractivity contribution in [1.82, 2.24) is 10.2 Å². The van der Waals surface area contributed by atoms with E-state index < -0.39 is 0 Å². The number of rotatable bonds is 6. The van der Waals surface area contributed by atoms with Crippen LogP contribution >= 0.6 is 0 Å². The molecule has 1 aromatic carbocycles. The zero-order valence-electron chi connectivity index (χ0n) is 12.1. The fourth-order valence-electron chi connectivity index (χ4n) is 2.47. The molecule has 1 saturated heterocycles. The normalized spacial score (nSPS) is 15.1. The molecule has 1 N–H and O–H groups in total. The Morgan fingerprint density at radius 2 is 2.10 bits per heavy atom. The maximum atomic E-state index is 13.4. The van der Waals surface area contributed by atoms with Gasteiger partial charge in [0.15, 0.2) is 0 Å². The van der Waals surface area contributed by atoms with E-state index in [1.807, 2.05) is 0 Å². The average molecular weight is 292 g/mol. The van der Waals surface area contributed by atoms with E-state index in [1.165, 1.54) is 6.07 Å². The van der Waals surface area contributed by atoms with Gasteiger partial charge in [0.1, 0.15) is 5.82 Å². The Kier molecular flexibility index (Phi) is 5.72. The van der Waals surface area contributed by atoms with Crippen LogP contribution in [0.3, 0.4) is 0 Å². The maximum Gasteiger partial charge on any atom is 0.222 e. The maximum absolute atomic E-state index is 13.4. The van der Waals surface area contributed by atoms with E-state index in [0.29, 0.717) is 31.5 Å². The Labute approximate surface area is 124 Å². The van der Waals surface area contributed by atoms with Crippen molar-refractivity contribution in [1.29, 1.82) is 0 Å². The number of hydrogen-bond acceptors (Lipinski definition) is 2. The zero-order chi connectivity index (χ0) is 15.1. The summed E-state index contributed by atoms with van der Waals surface area (Å²) in [4.78, 5) is 25.1. The number of carbonyl (C=O) groups excluding carboxylic acids is 2. The monoisotopic (exact) mass is 292 g/mol. The van der Waals surface area contributed by atoms with Gasteiger partial charge in [-0.2, -0.15) is 0 Å². The first-order valence-electron chi connectivity index (χ1n) is 7.44. The summed E-state index contributed by atoms with van der Waals surface area (Å²) in [5, 5.41) is 2.78.